The lowest BCUT2D eigenvalue weighted by molar-refractivity contribution is -0.140. The molecule has 1 radical (unpaired) electrons. The number of nitrogens with one attached hydrogen (secondary N) is 3. The van der Waals surface area contributed by atoms with Crippen LogP contribution in [0.4, 0.5) is 4.79 Å². The minimum atomic E-state index is -1.04. The Labute approximate surface area is 208 Å². The van der Waals surface area contributed by atoms with Gasteiger partial charge >= 0.3 is 6.03 Å². The molecule has 0 fully saturated rings. The molecule has 1 rings (SSSR count). The van der Waals surface area contributed by atoms with Crippen molar-refractivity contribution in [3.8, 4) is 0 Å². The number of hydrazine groups is 1. The molecular weight excluding hydrogens is 448 g/mol. The highest BCUT2D eigenvalue weighted by atomic mass is 16.2. The van der Waals surface area contributed by atoms with Crippen LogP contribution >= 0.6 is 0 Å². The number of urea groups is 1. The molecule has 1 aromatic rings. The van der Waals surface area contributed by atoms with Crippen LogP contribution in [-0.4, -0.2) is 59.9 Å². The van der Waals surface area contributed by atoms with E-state index in [4.69, 9.17) is 11.5 Å². The molecule has 0 aromatic heterocycles. The number of hydrogen-bond donors (Lipinski definition) is 5. The van der Waals surface area contributed by atoms with Gasteiger partial charge in [0.25, 0.3) is 5.91 Å². The quantitative estimate of drug-likeness (QED) is 0.183. The van der Waals surface area contributed by atoms with E-state index in [9.17, 15) is 19.2 Å². The first-order valence-electron chi connectivity index (χ1n) is 12.1. The Balaban J connectivity index is 2.94. The number of rotatable bonds is 15. The lowest BCUT2D eigenvalue weighted by atomic mass is 10.0. The minimum Gasteiger partial charge on any atom is -0.350 e. The van der Waals surface area contributed by atoms with Crippen molar-refractivity contribution in [3.63, 3.8) is 0 Å². The van der Waals surface area contributed by atoms with Crippen LogP contribution in [-0.2, 0) is 20.8 Å². The summed E-state index contributed by atoms with van der Waals surface area (Å²) < 4.78 is 0. The molecule has 0 unspecified atom stereocenters. The van der Waals surface area contributed by atoms with Crippen LogP contribution < -0.4 is 27.5 Å². The van der Waals surface area contributed by atoms with E-state index in [0.29, 0.717) is 18.9 Å². The molecule has 1 aromatic carbocycles. The van der Waals surface area contributed by atoms with Gasteiger partial charge in [0, 0.05) is 6.04 Å². The maximum absolute atomic E-state index is 13.4. The summed E-state index contributed by atoms with van der Waals surface area (Å²) >= 11 is 0. The molecule has 0 saturated heterocycles. The van der Waals surface area contributed by atoms with E-state index in [2.05, 4.69) is 16.1 Å². The number of unbranched alkanes of at least 4 members (excludes halogenated alkanes) is 1. The molecule has 3 atom stereocenters. The first kappa shape index (κ1) is 30.1. The third-order valence-electron chi connectivity index (χ3n) is 5.33. The summed E-state index contributed by atoms with van der Waals surface area (Å²) in [5, 5.41) is 6.88. The average Bonchev–Trinajstić information content (AvgIpc) is 2.79. The topological polar surface area (TPSA) is 160 Å². The summed E-state index contributed by atoms with van der Waals surface area (Å²) in [4.78, 5) is 49.6. The van der Waals surface area contributed by atoms with E-state index < -0.39 is 36.0 Å². The van der Waals surface area contributed by atoms with Crippen molar-refractivity contribution >= 4 is 24.1 Å². The first-order valence-corrected chi connectivity index (χ1v) is 12.1. The van der Waals surface area contributed by atoms with Gasteiger partial charge in [-0.1, -0.05) is 58.0 Å². The average molecular weight is 490 g/mol. The minimum absolute atomic E-state index is 0.0331. The fourth-order valence-electron chi connectivity index (χ4n) is 3.60. The van der Waals surface area contributed by atoms with E-state index in [-0.39, 0.29) is 18.8 Å². The predicted octanol–water partition coefficient (Wildman–Crippen LogP) is 1.15. The molecule has 0 aliphatic rings. The van der Waals surface area contributed by atoms with Crippen LogP contribution in [0, 0.1) is 5.92 Å². The van der Waals surface area contributed by atoms with Crippen molar-refractivity contribution in [1.82, 2.24) is 21.1 Å². The van der Waals surface area contributed by atoms with E-state index in [0.717, 1.165) is 23.5 Å². The molecule has 10 heteroatoms. The molecule has 0 aliphatic carbocycles. The van der Waals surface area contributed by atoms with Crippen molar-refractivity contribution in [2.24, 2.45) is 17.4 Å². The molecular formula is C25H41N6O4. The Kier molecular flexibility index (Phi) is 13.6. The van der Waals surface area contributed by atoms with Gasteiger partial charge in [-0.05, 0) is 50.1 Å². The molecule has 195 valence electrons. The summed E-state index contributed by atoms with van der Waals surface area (Å²) in [6, 6.07) is 5.73. The van der Waals surface area contributed by atoms with Crippen molar-refractivity contribution in [1.29, 1.82) is 0 Å². The number of amides is 4. The summed E-state index contributed by atoms with van der Waals surface area (Å²) in [7, 11) is 0. The highest BCUT2D eigenvalue weighted by Crippen LogP contribution is 2.13. The van der Waals surface area contributed by atoms with Gasteiger partial charge in [-0.25, -0.2) is 15.2 Å². The molecule has 0 bridgehead atoms. The second-order valence-corrected chi connectivity index (χ2v) is 9.41. The van der Waals surface area contributed by atoms with Crippen LogP contribution in [0.1, 0.15) is 58.9 Å². The Morgan fingerprint density at radius 3 is 2.26 bits per heavy atom. The normalized spacial score (nSPS) is 13.7. The monoisotopic (exact) mass is 489 g/mol. The lowest BCUT2D eigenvalue weighted by Gasteiger charge is -2.32. The molecule has 35 heavy (non-hydrogen) atoms. The lowest BCUT2D eigenvalue weighted by Crippen LogP contribution is -2.61. The molecule has 0 saturated carbocycles. The van der Waals surface area contributed by atoms with Crippen LogP contribution in [0.5, 0.6) is 0 Å². The van der Waals surface area contributed by atoms with Gasteiger partial charge in [-0.2, -0.15) is 0 Å². The van der Waals surface area contributed by atoms with Gasteiger partial charge in [0.05, 0.1) is 6.04 Å². The van der Waals surface area contributed by atoms with E-state index >= 15 is 0 Å². The number of carbonyl (C=O) groups excluding carboxylic acids is 4. The summed E-state index contributed by atoms with van der Waals surface area (Å²) in [5.74, 6) is -1.12. The number of nitrogens with zero attached hydrogens (tertiary/aromatic N) is 1. The van der Waals surface area contributed by atoms with Crippen molar-refractivity contribution in [3.05, 3.63) is 35.9 Å². The largest absolute Gasteiger partial charge is 0.350 e. The van der Waals surface area contributed by atoms with Crippen molar-refractivity contribution in [2.45, 2.75) is 84.0 Å². The van der Waals surface area contributed by atoms with E-state index in [1.54, 1.807) is 0 Å². The molecule has 0 heterocycles. The van der Waals surface area contributed by atoms with Crippen LogP contribution in [0.15, 0.2) is 30.3 Å². The number of benzene rings is 1. The second kappa shape index (κ2) is 15.8. The summed E-state index contributed by atoms with van der Waals surface area (Å²) in [5.41, 5.74) is 14.5. The first-order chi connectivity index (χ1) is 16.5. The molecule has 0 aliphatic heterocycles. The number of nitrogens with two attached hydrogens (primary N) is 2. The zero-order valence-corrected chi connectivity index (χ0v) is 21.3. The van der Waals surface area contributed by atoms with Crippen LogP contribution in [0.25, 0.3) is 0 Å². The van der Waals surface area contributed by atoms with E-state index in [1.807, 2.05) is 64.3 Å². The number of hydrogen-bond acceptors (Lipinski definition) is 6. The highest BCUT2D eigenvalue weighted by molar-refractivity contribution is 5.92. The summed E-state index contributed by atoms with van der Waals surface area (Å²) in [6.45, 7) is 8.62. The SMILES string of the molecule is CC(C)C[C@H](NC(=O)[C@H](N)Cc1ccccc1)C(=O)N(NC(N)=O)[C@H]([C]=O)CCCCNC(C)C. The maximum Gasteiger partial charge on any atom is 0.331 e. The fourth-order valence-corrected chi connectivity index (χ4v) is 3.60. The maximum atomic E-state index is 13.4. The van der Waals surface area contributed by atoms with Gasteiger partial charge in [0.2, 0.25) is 12.2 Å². The molecule has 0 spiro atoms. The third-order valence-corrected chi connectivity index (χ3v) is 5.33. The number of primary amides is 1. The van der Waals surface area contributed by atoms with Gasteiger partial charge in [0.15, 0.2) is 0 Å². The fraction of sp³-hybridized carbons (Fsp3) is 0.600. The predicted molar refractivity (Wildman–Crippen MR) is 136 cm³/mol. The van der Waals surface area contributed by atoms with Crippen molar-refractivity contribution < 1.29 is 19.2 Å². The Bertz CT molecular complexity index is 802. The van der Waals surface area contributed by atoms with Gasteiger partial charge in [0.1, 0.15) is 12.1 Å². The van der Waals surface area contributed by atoms with Gasteiger partial charge < -0.3 is 22.1 Å². The molecule has 10 nitrogen and oxygen atoms in total. The second-order valence-electron chi connectivity index (χ2n) is 9.41. The van der Waals surface area contributed by atoms with Crippen LogP contribution in [0.2, 0.25) is 0 Å². The zero-order chi connectivity index (χ0) is 26.4. The van der Waals surface area contributed by atoms with Crippen LogP contribution in [0.3, 0.4) is 0 Å². The van der Waals surface area contributed by atoms with E-state index in [1.165, 1.54) is 0 Å². The Morgan fingerprint density at radius 2 is 1.71 bits per heavy atom. The zero-order valence-electron chi connectivity index (χ0n) is 21.3. The molecule has 7 N–H and O–H groups in total. The smallest absolute Gasteiger partial charge is 0.331 e. The van der Waals surface area contributed by atoms with Gasteiger partial charge in [-0.3, -0.25) is 14.4 Å². The van der Waals surface area contributed by atoms with Gasteiger partial charge in [-0.15, -0.1) is 0 Å². The molecule has 4 amide bonds. The number of carbonyl (C=O) groups is 3. The third kappa shape index (κ3) is 11.8. The van der Waals surface area contributed by atoms with Crippen molar-refractivity contribution in [2.75, 3.05) is 6.54 Å². The Hall–Kier alpha value is -2.98. The Morgan fingerprint density at radius 1 is 1.06 bits per heavy atom. The summed E-state index contributed by atoms with van der Waals surface area (Å²) in [6.07, 6.45) is 4.09. The highest BCUT2D eigenvalue weighted by Gasteiger charge is 2.33. The standard InChI is InChI=1S/C25H41N6O4/c1-17(2)14-22(29-23(33)21(26)15-19-10-6-5-7-11-19)24(34)31(30-25(27)35)20(16-32)12-8-9-13-28-18(3)4/h5-7,10-11,17-18,20-22,28H,8-9,12-15,26H2,1-4H3,(H,29,33)(H3,27,30,35)/t20-,21+,22-/m0/s1.